The molecule has 28 heavy (non-hydrogen) atoms. The second-order valence-corrected chi connectivity index (χ2v) is 6.63. The summed E-state index contributed by atoms with van der Waals surface area (Å²) in [5.74, 6) is -0.974. The molecule has 0 aliphatic heterocycles. The van der Waals surface area contributed by atoms with Crippen molar-refractivity contribution in [3.05, 3.63) is 0 Å². The van der Waals surface area contributed by atoms with Crippen molar-refractivity contribution in [3.8, 4) is 0 Å². The number of unbranched alkanes of at least 4 members (excludes halogenated alkanes) is 9. The molecular weight excluding hydrogens is 362 g/mol. The van der Waals surface area contributed by atoms with Crippen molar-refractivity contribution in [2.75, 3.05) is 59.9 Å². The summed E-state index contributed by atoms with van der Waals surface area (Å²) in [5, 5.41) is 8.24. The van der Waals surface area contributed by atoms with E-state index in [0.29, 0.717) is 33.0 Å². The SMILES string of the molecule is CCCCCCCCCCCCN.COCCOCCOCCOCC(=O)O. The number of aliphatic carboxylic acids is 1. The average molecular weight is 408 g/mol. The van der Waals surface area contributed by atoms with E-state index in [4.69, 9.17) is 29.8 Å². The van der Waals surface area contributed by atoms with Crippen LogP contribution in [0.1, 0.15) is 71.1 Å². The average Bonchev–Trinajstić information content (AvgIpc) is 2.68. The van der Waals surface area contributed by atoms with Crippen LogP contribution in [0.25, 0.3) is 0 Å². The monoisotopic (exact) mass is 407 g/mol. The lowest BCUT2D eigenvalue weighted by Gasteiger charge is -2.05. The molecule has 0 aromatic heterocycles. The first-order chi connectivity index (χ1) is 13.7. The maximum Gasteiger partial charge on any atom is 0.329 e. The van der Waals surface area contributed by atoms with Crippen molar-refractivity contribution >= 4 is 5.97 Å². The van der Waals surface area contributed by atoms with Gasteiger partial charge in [-0.1, -0.05) is 64.7 Å². The number of nitrogens with two attached hydrogens (primary N) is 1. The number of carbonyl (C=O) groups is 1. The van der Waals surface area contributed by atoms with E-state index < -0.39 is 5.97 Å². The normalized spacial score (nSPS) is 10.5. The third-order valence-corrected chi connectivity index (χ3v) is 3.96. The van der Waals surface area contributed by atoms with Crippen molar-refractivity contribution in [2.24, 2.45) is 5.73 Å². The molecule has 0 aromatic rings. The number of carboxylic acids is 1. The zero-order valence-electron chi connectivity index (χ0n) is 18.3. The summed E-state index contributed by atoms with van der Waals surface area (Å²) in [6.07, 6.45) is 13.9. The van der Waals surface area contributed by atoms with E-state index >= 15 is 0 Å². The molecule has 0 saturated heterocycles. The molecule has 0 spiro atoms. The fraction of sp³-hybridized carbons (Fsp3) is 0.952. The highest BCUT2D eigenvalue weighted by atomic mass is 16.6. The lowest BCUT2D eigenvalue weighted by Crippen LogP contribution is -2.13. The second-order valence-electron chi connectivity index (χ2n) is 6.63. The Morgan fingerprint density at radius 3 is 1.57 bits per heavy atom. The minimum atomic E-state index is -0.974. The van der Waals surface area contributed by atoms with Gasteiger partial charge in [0.05, 0.1) is 39.6 Å². The van der Waals surface area contributed by atoms with Gasteiger partial charge in [-0.25, -0.2) is 4.79 Å². The van der Waals surface area contributed by atoms with Gasteiger partial charge in [-0.05, 0) is 13.0 Å². The Bertz CT molecular complexity index is 282. The van der Waals surface area contributed by atoms with Crippen LogP contribution < -0.4 is 5.73 Å². The predicted molar refractivity (Wildman–Crippen MR) is 113 cm³/mol. The van der Waals surface area contributed by atoms with Gasteiger partial charge in [-0.3, -0.25) is 0 Å². The molecule has 0 atom stereocenters. The third kappa shape index (κ3) is 32.9. The number of methoxy groups -OCH3 is 1. The van der Waals surface area contributed by atoms with Crippen LogP contribution in [0.2, 0.25) is 0 Å². The highest BCUT2D eigenvalue weighted by Crippen LogP contribution is 2.09. The molecule has 0 radical (unpaired) electrons. The molecule has 0 unspecified atom stereocenters. The van der Waals surface area contributed by atoms with Gasteiger partial charge in [-0.15, -0.1) is 0 Å². The fourth-order valence-electron chi connectivity index (χ4n) is 2.37. The Labute approximate surface area is 172 Å². The number of hydrogen-bond donors (Lipinski definition) is 2. The molecule has 0 aromatic carbocycles. The summed E-state index contributed by atoms with van der Waals surface area (Å²) in [7, 11) is 1.61. The molecule has 0 aliphatic rings. The molecule has 0 saturated carbocycles. The molecule has 3 N–H and O–H groups in total. The van der Waals surface area contributed by atoms with E-state index in [1.807, 2.05) is 0 Å². The van der Waals surface area contributed by atoms with Crippen LogP contribution in [-0.4, -0.2) is 71.0 Å². The maximum absolute atomic E-state index is 10.0. The Kier molecular flexibility index (Phi) is 30.0. The minimum absolute atomic E-state index is 0.282. The lowest BCUT2D eigenvalue weighted by molar-refractivity contribution is -0.142. The van der Waals surface area contributed by atoms with Gasteiger partial charge in [0.25, 0.3) is 0 Å². The third-order valence-electron chi connectivity index (χ3n) is 3.96. The summed E-state index contributed by atoms with van der Waals surface area (Å²) >= 11 is 0. The topological polar surface area (TPSA) is 100 Å². The smallest absolute Gasteiger partial charge is 0.329 e. The van der Waals surface area contributed by atoms with Crippen molar-refractivity contribution in [3.63, 3.8) is 0 Å². The van der Waals surface area contributed by atoms with Gasteiger partial charge < -0.3 is 29.8 Å². The molecule has 0 fully saturated rings. The molecule has 0 heterocycles. The van der Waals surface area contributed by atoms with Crippen molar-refractivity contribution in [1.82, 2.24) is 0 Å². The second kappa shape index (κ2) is 28.5. The Morgan fingerprint density at radius 2 is 1.14 bits per heavy atom. The van der Waals surface area contributed by atoms with Crippen LogP contribution in [-0.2, 0) is 23.7 Å². The van der Waals surface area contributed by atoms with Crippen molar-refractivity contribution in [2.45, 2.75) is 71.1 Å². The van der Waals surface area contributed by atoms with Gasteiger partial charge in [-0.2, -0.15) is 0 Å². The summed E-state index contributed by atoms with van der Waals surface area (Å²) in [5.41, 5.74) is 5.42. The van der Waals surface area contributed by atoms with Crippen LogP contribution >= 0.6 is 0 Å². The highest BCUT2D eigenvalue weighted by Gasteiger charge is 1.95. The molecule has 0 rings (SSSR count). The Balaban J connectivity index is 0. The summed E-state index contributed by atoms with van der Waals surface area (Å²) in [6.45, 7) is 5.61. The molecule has 0 amide bonds. The van der Waals surface area contributed by atoms with E-state index in [1.54, 1.807) is 7.11 Å². The lowest BCUT2D eigenvalue weighted by atomic mass is 10.1. The van der Waals surface area contributed by atoms with E-state index in [1.165, 1.54) is 64.2 Å². The Hall–Kier alpha value is -0.730. The van der Waals surface area contributed by atoms with Gasteiger partial charge in [0, 0.05) is 7.11 Å². The van der Waals surface area contributed by atoms with Gasteiger partial charge in [0.15, 0.2) is 0 Å². The fourth-order valence-corrected chi connectivity index (χ4v) is 2.37. The molecule has 0 aliphatic carbocycles. The first-order valence-electron chi connectivity index (χ1n) is 10.8. The standard InChI is InChI=1S/C12H27N.C9H18O6/c1-2-3-4-5-6-7-8-9-10-11-12-13;1-12-2-3-13-4-5-14-6-7-15-8-9(10)11/h2-13H2,1H3;2-8H2,1H3,(H,10,11). The number of ether oxygens (including phenoxy) is 4. The van der Waals surface area contributed by atoms with Crippen LogP contribution in [0.5, 0.6) is 0 Å². The maximum atomic E-state index is 10.0. The highest BCUT2D eigenvalue weighted by molar-refractivity contribution is 5.67. The van der Waals surface area contributed by atoms with Crippen LogP contribution in [0, 0.1) is 0 Å². The number of hydrogen-bond acceptors (Lipinski definition) is 6. The molecule has 0 bridgehead atoms. The van der Waals surface area contributed by atoms with E-state index in [9.17, 15) is 4.79 Å². The molecule has 7 nitrogen and oxygen atoms in total. The Morgan fingerprint density at radius 1 is 0.714 bits per heavy atom. The summed E-state index contributed by atoms with van der Waals surface area (Å²) in [4.78, 5) is 10.0. The quantitative estimate of drug-likeness (QED) is 0.280. The first kappa shape index (κ1) is 29.5. The zero-order chi connectivity index (χ0) is 21.1. The zero-order valence-corrected chi connectivity index (χ0v) is 18.3. The van der Waals surface area contributed by atoms with E-state index in [0.717, 1.165) is 6.54 Å². The van der Waals surface area contributed by atoms with Crippen LogP contribution in [0.15, 0.2) is 0 Å². The van der Waals surface area contributed by atoms with Gasteiger partial charge in [0.1, 0.15) is 6.61 Å². The van der Waals surface area contributed by atoms with Crippen LogP contribution in [0.3, 0.4) is 0 Å². The van der Waals surface area contributed by atoms with E-state index in [2.05, 4.69) is 6.92 Å². The minimum Gasteiger partial charge on any atom is -0.480 e. The van der Waals surface area contributed by atoms with E-state index in [-0.39, 0.29) is 13.2 Å². The van der Waals surface area contributed by atoms with Crippen molar-refractivity contribution < 1.29 is 28.8 Å². The first-order valence-corrected chi connectivity index (χ1v) is 10.8. The molecule has 7 heteroatoms. The number of carboxylic acid groups (broad SMARTS) is 1. The predicted octanol–water partition coefficient (Wildman–Crippen LogP) is 3.63. The summed E-state index contributed by atoms with van der Waals surface area (Å²) < 4.78 is 19.8. The molecule has 170 valence electrons. The largest absolute Gasteiger partial charge is 0.480 e. The van der Waals surface area contributed by atoms with Gasteiger partial charge >= 0.3 is 5.97 Å². The van der Waals surface area contributed by atoms with Gasteiger partial charge in [0.2, 0.25) is 0 Å². The molecular formula is C21H45NO6. The summed E-state index contributed by atoms with van der Waals surface area (Å²) in [6, 6.07) is 0. The van der Waals surface area contributed by atoms with Crippen LogP contribution in [0.4, 0.5) is 0 Å². The van der Waals surface area contributed by atoms with Crippen molar-refractivity contribution in [1.29, 1.82) is 0 Å². The number of rotatable bonds is 21.